The van der Waals surface area contributed by atoms with Crippen LogP contribution in [0.1, 0.15) is 50.7 Å². The minimum absolute atomic E-state index is 0.110. The first kappa shape index (κ1) is 19.3. The van der Waals surface area contributed by atoms with Crippen LogP contribution in [0.5, 0.6) is 0 Å². The Hall–Kier alpha value is -2.62. The van der Waals surface area contributed by atoms with Gasteiger partial charge in [-0.05, 0) is 42.7 Å². The van der Waals surface area contributed by atoms with Crippen molar-refractivity contribution in [3.63, 3.8) is 0 Å². The van der Waals surface area contributed by atoms with Crippen LogP contribution in [0, 0.1) is 5.92 Å². The van der Waals surface area contributed by atoms with Crippen molar-refractivity contribution in [3.8, 4) is 0 Å². The van der Waals surface area contributed by atoms with Crippen molar-refractivity contribution >= 4 is 11.8 Å². The summed E-state index contributed by atoms with van der Waals surface area (Å²) >= 11 is 0. The number of hydrogen-bond donors (Lipinski definition) is 0. The number of carbonyl (C=O) groups is 2. The molecule has 4 nitrogen and oxygen atoms in total. The van der Waals surface area contributed by atoms with Crippen molar-refractivity contribution < 1.29 is 9.59 Å². The molecule has 0 aliphatic carbocycles. The lowest BCUT2D eigenvalue weighted by Crippen LogP contribution is -2.85. The summed E-state index contributed by atoms with van der Waals surface area (Å²) in [4.78, 5) is 32.0. The highest BCUT2D eigenvalue weighted by Gasteiger charge is 2.77. The number of likely N-dealkylation sites (N-methyl/N-ethyl adjacent to an activating group) is 1. The average molecular weight is 403 g/mol. The van der Waals surface area contributed by atoms with E-state index in [-0.39, 0.29) is 11.8 Å². The maximum absolute atomic E-state index is 14.2. The Labute approximate surface area is 178 Å². The zero-order valence-electron chi connectivity index (χ0n) is 18.1. The standard InChI is InChI=1S/C26H30N2O2/c1-19(2)17-24-18-25(20-11-6-4-7-12-20,21-13-8-5-9-14-21)26(23(30)27(24)3)15-10-16-28(26)22(24)29/h4-9,11-14,19H,10,15-18H2,1-3H3/t24-,26+/m0/s1. The summed E-state index contributed by atoms with van der Waals surface area (Å²) in [6.07, 6.45) is 2.90. The van der Waals surface area contributed by atoms with Gasteiger partial charge in [-0.3, -0.25) is 9.59 Å². The second kappa shape index (κ2) is 6.44. The summed E-state index contributed by atoms with van der Waals surface area (Å²) in [7, 11) is 1.86. The topological polar surface area (TPSA) is 40.6 Å². The van der Waals surface area contributed by atoms with Crippen molar-refractivity contribution in [3.05, 3.63) is 71.8 Å². The van der Waals surface area contributed by atoms with E-state index >= 15 is 0 Å². The number of amides is 2. The van der Waals surface area contributed by atoms with Crippen molar-refractivity contribution in [1.29, 1.82) is 0 Å². The molecule has 0 N–H and O–H groups in total. The van der Waals surface area contributed by atoms with Gasteiger partial charge in [0, 0.05) is 13.6 Å². The number of fused-ring (bicyclic) bond motifs is 2. The lowest BCUT2D eigenvalue weighted by molar-refractivity contribution is -0.197. The number of carbonyl (C=O) groups excluding carboxylic acids is 2. The third-order valence-corrected chi connectivity index (χ3v) is 7.87. The Morgan fingerprint density at radius 1 is 0.900 bits per heavy atom. The molecule has 2 atom stereocenters. The molecule has 4 saturated heterocycles. The number of benzene rings is 2. The van der Waals surface area contributed by atoms with Gasteiger partial charge in [-0.15, -0.1) is 0 Å². The summed E-state index contributed by atoms with van der Waals surface area (Å²) in [5.74, 6) is 0.569. The largest absolute Gasteiger partial charge is 0.329 e. The smallest absolute Gasteiger partial charge is 0.250 e. The number of piperazine rings is 1. The van der Waals surface area contributed by atoms with Crippen LogP contribution < -0.4 is 0 Å². The van der Waals surface area contributed by atoms with E-state index in [2.05, 4.69) is 62.4 Å². The molecule has 1 spiro atoms. The molecule has 4 heterocycles. The SMILES string of the molecule is CC(C)C[C@]12CC(c3ccccc3)(c3ccccc3)[C@@]3(CCCN3C1=O)C(=O)N2C. The highest BCUT2D eigenvalue weighted by atomic mass is 16.2. The van der Waals surface area contributed by atoms with E-state index in [1.807, 2.05) is 29.0 Å². The summed E-state index contributed by atoms with van der Waals surface area (Å²) in [5.41, 5.74) is 0.0946. The van der Waals surface area contributed by atoms with Crippen LogP contribution in [0.15, 0.2) is 60.7 Å². The second-order valence-electron chi connectivity index (χ2n) is 9.73. The van der Waals surface area contributed by atoms with Gasteiger partial charge in [0.05, 0.1) is 5.41 Å². The molecule has 0 saturated carbocycles. The molecule has 4 heteroatoms. The maximum Gasteiger partial charge on any atom is 0.250 e. The molecule has 2 aromatic rings. The number of hydrogen-bond acceptors (Lipinski definition) is 2. The lowest BCUT2D eigenvalue weighted by Gasteiger charge is -2.68. The molecule has 4 aliphatic rings. The van der Waals surface area contributed by atoms with Crippen LogP contribution in [-0.2, 0) is 15.0 Å². The Balaban J connectivity index is 1.88. The lowest BCUT2D eigenvalue weighted by atomic mass is 9.49. The Kier molecular flexibility index (Phi) is 4.15. The first-order valence-electron chi connectivity index (χ1n) is 11.1. The fourth-order valence-corrected chi connectivity index (χ4v) is 6.85. The fourth-order valence-electron chi connectivity index (χ4n) is 6.85. The van der Waals surface area contributed by atoms with E-state index in [1.54, 1.807) is 0 Å². The van der Waals surface area contributed by atoms with Crippen molar-refractivity contribution in [2.75, 3.05) is 13.6 Å². The van der Waals surface area contributed by atoms with Gasteiger partial charge in [-0.2, -0.15) is 0 Å². The van der Waals surface area contributed by atoms with Crippen molar-refractivity contribution in [1.82, 2.24) is 9.80 Å². The van der Waals surface area contributed by atoms with Crippen LogP contribution >= 0.6 is 0 Å². The Bertz CT molecular complexity index is 947. The summed E-state index contributed by atoms with van der Waals surface area (Å²) < 4.78 is 0. The molecule has 0 unspecified atom stereocenters. The van der Waals surface area contributed by atoms with Gasteiger partial charge in [0.1, 0.15) is 11.1 Å². The van der Waals surface area contributed by atoms with Gasteiger partial charge in [0.15, 0.2) is 0 Å². The highest BCUT2D eigenvalue weighted by molar-refractivity contribution is 6.07. The van der Waals surface area contributed by atoms with Gasteiger partial charge in [0.25, 0.3) is 0 Å². The van der Waals surface area contributed by atoms with E-state index in [4.69, 9.17) is 0 Å². The number of rotatable bonds is 4. The zero-order valence-corrected chi connectivity index (χ0v) is 18.1. The predicted octanol–water partition coefficient (Wildman–Crippen LogP) is 3.99. The summed E-state index contributed by atoms with van der Waals surface area (Å²) in [6.45, 7) is 4.96. The quantitative estimate of drug-likeness (QED) is 0.776. The highest BCUT2D eigenvalue weighted by Crippen LogP contribution is 2.63. The molecule has 0 radical (unpaired) electrons. The van der Waals surface area contributed by atoms with Gasteiger partial charge in [-0.1, -0.05) is 74.5 Å². The van der Waals surface area contributed by atoms with E-state index in [9.17, 15) is 9.59 Å². The van der Waals surface area contributed by atoms with E-state index in [1.165, 1.54) is 0 Å². The van der Waals surface area contributed by atoms with Gasteiger partial charge < -0.3 is 9.80 Å². The third-order valence-electron chi connectivity index (χ3n) is 7.87. The van der Waals surface area contributed by atoms with Crippen molar-refractivity contribution in [2.24, 2.45) is 5.92 Å². The molecule has 4 fully saturated rings. The van der Waals surface area contributed by atoms with E-state index in [0.29, 0.717) is 31.7 Å². The van der Waals surface area contributed by atoms with E-state index < -0.39 is 16.5 Å². The molecule has 156 valence electrons. The maximum atomic E-state index is 14.2. The Morgan fingerprint density at radius 3 is 2.00 bits per heavy atom. The van der Waals surface area contributed by atoms with Gasteiger partial charge >= 0.3 is 0 Å². The Morgan fingerprint density at radius 2 is 1.47 bits per heavy atom. The minimum Gasteiger partial charge on any atom is -0.329 e. The predicted molar refractivity (Wildman–Crippen MR) is 117 cm³/mol. The van der Waals surface area contributed by atoms with E-state index in [0.717, 1.165) is 17.5 Å². The third kappa shape index (κ3) is 2.12. The number of piperidine rings is 2. The number of nitrogens with zero attached hydrogens (tertiary/aromatic N) is 2. The average Bonchev–Trinajstić information content (AvgIpc) is 3.22. The summed E-state index contributed by atoms with van der Waals surface area (Å²) in [5, 5.41) is 0. The molecule has 0 aromatic heterocycles. The molecular weight excluding hydrogens is 372 g/mol. The van der Waals surface area contributed by atoms with Gasteiger partial charge in [0.2, 0.25) is 11.8 Å². The zero-order chi connectivity index (χ0) is 21.1. The molecule has 4 aliphatic heterocycles. The molecule has 30 heavy (non-hydrogen) atoms. The van der Waals surface area contributed by atoms with Crippen LogP contribution in [0.25, 0.3) is 0 Å². The molecule has 2 aromatic carbocycles. The van der Waals surface area contributed by atoms with Crippen LogP contribution in [-0.4, -0.2) is 46.3 Å². The summed E-state index contributed by atoms with van der Waals surface area (Å²) in [6, 6.07) is 20.9. The molecule has 2 bridgehead atoms. The molecular formula is C26H30N2O2. The first-order valence-corrected chi connectivity index (χ1v) is 11.1. The monoisotopic (exact) mass is 402 g/mol. The van der Waals surface area contributed by atoms with Crippen LogP contribution in [0.2, 0.25) is 0 Å². The minimum atomic E-state index is -0.847. The molecule has 2 amide bonds. The van der Waals surface area contributed by atoms with Crippen molar-refractivity contribution in [2.45, 2.75) is 56.0 Å². The van der Waals surface area contributed by atoms with Gasteiger partial charge in [-0.25, -0.2) is 0 Å². The molecule has 6 rings (SSSR count). The second-order valence-corrected chi connectivity index (χ2v) is 9.73. The first-order chi connectivity index (χ1) is 14.4. The van der Waals surface area contributed by atoms with Crippen LogP contribution in [0.4, 0.5) is 0 Å². The fraction of sp³-hybridized carbons (Fsp3) is 0.462. The normalized spacial score (nSPS) is 29.6. The van der Waals surface area contributed by atoms with Crippen LogP contribution in [0.3, 0.4) is 0 Å².